The van der Waals surface area contributed by atoms with Crippen molar-refractivity contribution < 1.29 is 0 Å². The summed E-state index contributed by atoms with van der Waals surface area (Å²) >= 11 is 2.05. The quantitative estimate of drug-likeness (QED) is 0.792. The number of hydrogen-bond donors (Lipinski definition) is 0. The fourth-order valence-electron chi connectivity index (χ4n) is 2.89. The first-order valence-electron chi connectivity index (χ1n) is 7.75. The Morgan fingerprint density at radius 1 is 1.05 bits per heavy atom. The first-order chi connectivity index (χ1) is 10.2. The van der Waals surface area contributed by atoms with Crippen molar-refractivity contribution in [1.29, 1.82) is 0 Å². The van der Waals surface area contributed by atoms with Gasteiger partial charge in [-0.3, -0.25) is 4.90 Å². The van der Waals surface area contributed by atoms with Crippen LogP contribution in [0.4, 0.5) is 0 Å². The lowest BCUT2D eigenvalue weighted by Crippen LogP contribution is -2.36. The van der Waals surface area contributed by atoms with Gasteiger partial charge < -0.3 is 0 Å². The van der Waals surface area contributed by atoms with Gasteiger partial charge in [-0.05, 0) is 37.5 Å². The number of nitrogens with zero attached hydrogens (tertiary/aromatic N) is 1. The Hall–Kier alpha value is -1.25. The van der Waals surface area contributed by atoms with Gasteiger partial charge in [0.15, 0.2) is 0 Å². The van der Waals surface area contributed by atoms with Crippen LogP contribution in [0.5, 0.6) is 0 Å². The average molecular weight is 297 g/mol. The first kappa shape index (κ1) is 14.7. The second-order valence-electron chi connectivity index (χ2n) is 6.06. The highest BCUT2D eigenvalue weighted by Crippen LogP contribution is 2.37. The highest BCUT2D eigenvalue weighted by atomic mass is 32.2. The second kappa shape index (κ2) is 6.67. The van der Waals surface area contributed by atoms with E-state index >= 15 is 0 Å². The molecule has 0 saturated carbocycles. The molecule has 0 saturated heterocycles. The summed E-state index contributed by atoms with van der Waals surface area (Å²) in [6, 6.07) is 20.2. The van der Waals surface area contributed by atoms with Gasteiger partial charge in [0.25, 0.3) is 0 Å². The Kier molecular flexibility index (Phi) is 4.67. The molecule has 1 aliphatic rings. The zero-order valence-corrected chi connectivity index (χ0v) is 13.6. The fourth-order valence-corrected chi connectivity index (χ4v) is 4.24. The molecule has 3 rings (SSSR count). The largest absolute Gasteiger partial charge is 0.296 e. The van der Waals surface area contributed by atoms with E-state index < -0.39 is 0 Å². The third kappa shape index (κ3) is 3.69. The molecule has 0 amide bonds. The Balaban J connectivity index is 1.64. The fraction of sp³-hybridized carbons (Fsp3) is 0.368. The van der Waals surface area contributed by atoms with E-state index in [2.05, 4.69) is 85.1 Å². The van der Waals surface area contributed by atoms with Gasteiger partial charge in [0.2, 0.25) is 0 Å². The lowest BCUT2D eigenvalue weighted by atomic mass is 10.1. The van der Waals surface area contributed by atoms with Crippen LogP contribution in [0.1, 0.15) is 25.0 Å². The third-order valence-corrected chi connectivity index (χ3v) is 5.41. The molecule has 0 radical (unpaired) electrons. The van der Waals surface area contributed by atoms with Gasteiger partial charge in [0.05, 0.1) is 0 Å². The van der Waals surface area contributed by atoms with Gasteiger partial charge >= 0.3 is 0 Å². The number of benzene rings is 2. The lowest BCUT2D eigenvalue weighted by Gasteiger charge is -2.29. The minimum atomic E-state index is 0.578. The zero-order valence-electron chi connectivity index (χ0n) is 12.8. The van der Waals surface area contributed by atoms with Crippen molar-refractivity contribution in [2.24, 2.45) is 0 Å². The zero-order chi connectivity index (χ0) is 14.7. The number of rotatable bonds is 5. The summed E-state index contributed by atoms with van der Waals surface area (Å²) < 4.78 is 0. The molecule has 0 fully saturated rings. The molecule has 0 bridgehead atoms. The van der Waals surface area contributed by atoms with Crippen LogP contribution < -0.4 is 0 Å². The smallest absolute Gasteiger partial charge is 0.0263 e. The summed E-state index contributed by atoms with van der Waals surface area (Å²) in [6.07, 6.45) is 1.21. The minimum Gasteiger partial charge on any atom is -0.296 e. The molecule has 2 heteroatoms. The maximum atomic E-state index is 2.60. The molecular weight excluding hydrogens is 274 g/mol. The average Bonchev–Trinajstić information content (AvgIpc) is 2.90. The maximum absolute atomic E-state index is 2.60. The van der Waals surface area contributed by atoms with E-state index in [1.54, 1.807) is 0 Å². The van der Waals surface area contributed by atoms with Crippen LogP contribution >= 0.6 is 11.8 Å². The van der Waals surface area contributed by atoms with Gasteiger partial charge in [-0.1, -0.05) is 48.5 Å². The van der Waals surface area contributed by atoms with E-state index in [-0.39, 0.29) is 0 Å². The van der Waals surface area contributed by atoms with Crippen LogP contribution in [0.2, 0.25) is 0 Å². The van der Waals surface area contributed by atoms with E-state index in [0.29, 0.717) is 11.3 Å². The van der Waals surface area contributed by atoms with Gasteiger partial charge in [-0.15, -0.1) is 11.8 Å². The molecule has 2 aromatic carbocycles. The van der Waals surface area contributed by atoms with E-state index in [1.807, 2.05) is 0 Å². The van der Waals surface area contributed by atoms with Crippen LogP contribution in [0, 0.1) is 0 Å². The van der Waals surface area contributed by atoms with Crippen LogP contribution in [0.3, 0.4) is 0 Å². The van der Waals surface area contributed by atoms with Crippen molar-refractivity contribution in [3.63, 3.8) is 0 Å². The van der Waals surface area contributed by atoms with Crippen molar-refractivity contribution >= 4 is 11.8 Å². The predicted molar refractivity (Wildman–Crippen MR) is 91.8 cm³/mol. The molecule has 21 heavy (non-hydrogen) atoms. The van der Waals surface area contributed by atoms with E-state index in [4.69, 9.17) is 0 Å². The number of thioether (sulfide) groups is 1. The van der Waals surface area contributed by atoms with Crippen molar-refractivity contribution in [1.82, 2.24) is 4.90 Å². The monoisotopic (exact) mass is 297 g/mol. The Labute approximate surface area is 132 Å². The molecule has 0 aliphatic carbocycles. The van der Waals surface area contributed by atoms with E-state index in [9.17, 15) is 0 Å². The van der Waals surface area contributed by atoms with Crippen LogP contribution in [-0.2, 0) is 13.0 Å². The Morgan fingerprint density at radius 3 is 2.48 bits per heavy atom. The van der Waals surface area contributed by atoms with Crippen molar-refractivity contribution in [3.8, 4) is 0 Å². The van der Waals surface area contributed by atoms with Crippen molar-refractivity contribution in [2.45, 2.75) is 43.0 Å². The summed E-state index contributed by atoms with van der Waals surface area (Å²) in [5, 5.41) is 0.688. The van der Waals surface area contributed by atoms with Crippen LogP contribution in [-0.4, -0.2) is 22.7 Å². The van der Waals surface area contributed by atoms with Gasteiger partial charge in [0, 0.05) is 29.3 Å². The first-order valence-corrected chi connectivity index (χ1v) is 8.63. The number of fused-ring (bicyclic) bond motifs is 1. The summed E-state index contributed by atoms with van der Waals surface area (Å²) in [5.41, 5.74) is 2.93. The normalized spacial score (nSPS) is 17.4. The molecule has 1 heterocycles. The van der Waals surface area contributed by atoms with E-state index in [0.717, 1.165) is 13.1 Å². The topological polar surface area (TPSA) is 3.24 Å². The SMILES string of the molecule is CC(C)N(Cc1ccccc1)CC1Cc2ccccc2S1. The summed E-state index contributed by atoms with van der Waals surface area (Å²) in [5.74, 6) is 0. The van der Waals surface area contributed by atoms with Gasteiger partial charge in [-0.25, -0.2) is 0 Å². The molecule has 1 atom stereocenters. The Morgan fingerprint density at radius 2 is 1.76 bits per heavy atom. The summed E-state index contributed by atoms with van der Waals surface area (Å²) in [6.45, 7) is 6.81. The molecular formula is C19H23NS. The standard InChI is InChI=1S/C19H23NS/c1-15(2)20(13-16-8-4-3-5-9-16)14-18-12-17-10-6-7-11-19(17)21-18/h3-11,15,18H,12-14H2,1-2H3. The van der Waals surface area contributed by atoms with Crippen molar-refractivity contribution in [3.05, 3.63) is 65.7 Å². The molecule has 1 aliphatic heterocycles. The molecule has 0 aromatic heterocycles. The predicted octanol–water partition coefficient (Wildman–Crippen LogP) is 4.61. The van der Waals surface area contributed by atoms with E-state index in [1.165, 1.54) is 22.4 Å². The molecule has 110 valence electrons. The lowest BCUT2D eigenvalue weighted by molar-refractivity contribution is 0.214. The minimum absolute atomic E-state index is 0.578. The summed E-state index contributed by atoms with van der Waals surface area (Å²) in [4.78, 5) is 4.07. The highest BCUT2D eigenvalue weighted by Gasteiger charge is 2.24. The molecule has 2 aromatic rings. The molecule has 0 N–H and O–H groups in total. The maximum Gasteiger partial charge on any atom is 0.0263 e. The third-order valence-electron chi connectivity index (χ3n) is 4.11. The molecule has 1 nitrogen and oxygen atoms in total. The van der Waals surface area contributed by atoms with Gasteiger partial charge in [-0.2, -0.15) is 0 Å². The van der Waals surface area contributed by atoms with Crippen LogP contribution in [0.25, 0.3) is 0 Å². The molecule has 1 unspecified atom stereocenters. The second-order valence-corrected chi connectivity index (χ2v) is 7.40. The summed E-state index contributed by atoms with van der Waals surface area (Å²) in [7, 11) is 0. The Bertz CT molecular complexity index is 554. The van der Waals surface area contributed by atoms with Crippen LogP contribution in [0.15, 0.2) is 59.5 Å². The molecule has 0 spiro atoms. The van der Waals surface area contributed by atoms with Gasteiger partial charge in [0.1, 0.15) is 0 Å². The highest BCUT2D eigenvalue weighted by molar-refractivity contribution is 8.00. The van der Waals surface area contributed by atoms with Crippen molar-refractivity contribution in [2.75, 3.05) is 6.54 Å². The number of hydrogen-bond acceptors (Lipinski definition) is 2.